The third-order valence-corrected chi connectivity index (χ3v) is 3.47. The number of ether oxygens (including phenoxy) is 1. The fourth-order valence-electron chi connectivity index (χ4n) is 1.65. The zero-order valence-corrected chi connectivity index (χ0v) is 12.5. The van der Waals surface area contributed by atoms with Crippen molar-refractivity contribution >= 4 is 8.07 Å². The lowest BCUT2D eigenvalue weighted by Gasteiger charge is -2.13. The predicted octanol–water partition coefficient (Wildman–Crippen LogP) is 4.07. The first-order valence-electron chi connectivity index (χ1n) is 6.07. The summed E-state index contributed by atoms with van der Waals surface area (Å²) in [5.41, 5.74) is 4.66. The van der Waals surface area contributed by atoms with Crippen LogP contribution in [-0.4, -0.2) is 15.2 Å². The van der Waals surface area contributed by atoms with Crippen molar-refractivity contribution in [2.45, 2.75) is 38.9 Å². The molecule has 0 fully saturated rings. The van der Waals surface area contributed by atoms with Crippen molar-refractivity contribution in [2.75, 3.05) is 7.11 Å². The Morgan fingerprint density at radius 2 is 1.88 bits per heavy atom. The summed E-state index contributed by atoms with van der Waals surface area (Å²) in [6, 6.07) is 8.19. The normalized spacial score (nSPS) is 12.5. The van der Waals surface area contributed by atoms with Gasteiger partial charge in [0, 0.05) is 6.42 Å². The van der Waals surface area contributed by atoms with Gasteiger partial charge in [-0.05, 0) is 17.5 Å². The summed E-state index contributed by atoms with van der Waals surface area (Å²) in [6.07, 6.45) is 0.907. The summed E-state index contributed by atoms with van der Waals surface area (Å²) in [6.45, 7) is 9.02. The highest BCUT2D eigenvalue weighted by Crippen LogP contribution is 2.27. The van der Waals surface area contributed by atoms with Crippen molar-refractivity contribution in [2.24, 2.45) is 0 Å². The first kappa shape index (κ1) is 13.9. The Bertz CT molecular complexity index is 421. The van der Waals surface area contributed by atoms with E-state index in [0.29, 0.717) is 5.92 Å². The van der Waals surface area contributed by atoms with Gasteiger partial charge in [0.1, 0.15) is 13.8 Å². The van der Waals surface area contributed by atoms with Crippen LogP contribution in [0.2, 0.25) is 19.6 Å². The molecule has 0 bridgehead atoms. The highest BCUT2D eigenvalue weighted by Gasteiger charge is 2.11. The molecule has 0 heterocycles. The molecule has 0 aliphatic rings. The molecule has 0 saturated carbocycles. The molecule has 0 aromatic heterocycles. The monoisotopic (exact) mass is 246 g/mol. The van der Waals surface area contributed by atoms with Crippen molar-refractivity contribution in [3.05, 3.63) is 29.8 Å². The second-order valence-electron chi connectivity index (χ2n) is 5.40. The largest absolute Gasteiger partial charge is 0.496 e. The maximum atomic E-state index is 5.37. The van der Waals surface area contributed by atoms with Gasteiger partial charge in [-0.15, -0.1) is 11.5 Å². The Kier molecular flexibility index (Phi) is 4.83. The van der Waals surface area contributed by atoms with Gasteiger partial charge in [-0.2, -0.15) is 0 Å². The summed E-state index contributed by atoms with van der Waals surface area (Å²) in [5.74, 6) is 4.72. The quantitative estimate of drug-likeness (QED) is 0.577. The lowest BCUT2D eigenvalue weighted by molar-refractivity contribution is 0.406. The molecule has 0 aliphatic carbocycles. The molecule has 92 valence electrons. The van der Waals surface area contributed by atoms with Crippen molar-refractivity contribution < 1.29 is 4.74 Å². The Hall–Kier alpha value is -1.20. The number of benzene rings is 1. The zero-order valence-electron chi connectivity index (χ0n) is 11.5. The topological polar surface area (TPSA) is 9.23 Å². The second-order valence-corrected chi connectivity index (χ2v) is 10.1. The highest BCUT2D eigenvalue weighted by atomic mass is 28.3. The molecule has 1 rings (SSSR count). The van der Waals surface area contributed by atoms with E-state index in [2.05, 4.69) is 50.2 Å². The third kappa shape index (κ3) is 4.66. The lowest BCUT2D eigenvalue weighted by Crippen LogP contribution is -2.16. The van der Waals surface area contributed by atoms with Gasteiger partial charge in [0.15, 0.2) is 0 Å². The molecule has 1 unspecified atom stereocenters. The minimum absolute atomic E-state index is 0.426. The molecule has 1 atom stereocenters. The summed E-state index contributed by atoms with van der Waals surface area (Å²) in [4.78, 5) is 0. The van der Waals surface area contributed by atoms with Crippen molar-refractivity contribution in [3.63, 3.8) is 0 Å². The van der Waals surface area contributed by atoms with Gasteiger partial charge in [-0.3, -0.25) is 0 Å². The molecule has 1 aromatic carbocycles. The Balaban J connectivity index is 2.75. The van der Waals surface area contributed by atoms with Crippen LogP contribution in [0.1, 0.15) is 24.8 Å². The molecule has 0 aliphatic heterocycles. The molecule has 0 N–H and O–H groups in total. The average molecular weight is 246 g/mol. The summed E-state index contributed by atoms with van der Waals surface area (Å²) in [7, 11) is 0.482. The fourth-order valence-corrected chi connectivity index (χ4v) is 2.29. The van der Waals surface area contributed by atoms with Gasteiger partial charge in [-0.1, -0.05) is 44.8 Å². The summed E-state index contributed by atoms with van der Waals surface area (Å²) in [5, 5.41) is 0. The molecule has 17 heavy (non-hydrogen) atoms. The van der Waals surface area contributed by atoms with Crippen molar-refractivity contribution in [3.8, 4) is 17.2 Å². The first-order valence-corrected chi connectivity index (χ1v) is 9.57. The minimum Gasteiger partial charge on any atom is -0.496 e. The second kappa shape index (κ2) is 5.93. The lowest BCUT2D eigenvalue weighted by atomic mass is 9.97. The molecular weight excluding hydrogens is 224 g/mol. The maximum absolute atomic E-state index is 5.37. The Morgan fingerprint density at radius 3 is 2.47 bits per heavy atom. The van der Waals surface area contributed by atoms with Crippen LogP contribution in [0.4, 0.5) is 0 Å². The smallest absolute Gasteiger partial charge is 0.129 e. The van der Waals surface area contributed by atoms with Gasteiger partial charge in [-0.25, -0.2) is 0 Å². The fraction of sp³-hybridized carbons (Fsp3) is 0.467. The van der Waals surface area contributed by atoms with E-state index in [9.17, 15) is 0 Å². The zero-order chi connectivity index (χ0) is 12.9. The Labute approximate surface area is 106 Å². The van der Waals surface area contributed by atoms with Gasteiger partial charge in [0.25, 0.3) is 0 Å². The van der Waals surface area contributed by atoms with E-state index < -0.39 is 8.07 Å². The molecule has 1 nitrogen and oxygen atoms in total. The molecule has 2 heteroatoms. The molecule has 0 radical (unpaired) electrons. The van der Waals surface area contributed by atoms with Crippen molar-refractivity contribution in [1.82, 2.24) is 0 Å². The van der Waals surface area contributed by atoms with E-state index in [0.717, 1.165) is 12.2 Å². The number of para-hydroxylation sites is 1. The van der Waals surface area contributed by atoms with E-state index >= 15 is 0 Å². The number of methoxy groups -OCH3 is 1. The van der Waals surface area contributed by atoms with Crippen LogP contribution < -0.4 is 4.74 Å². The molecule has 1 aromatic rings. The van der Waals surface area contributed by atoms with Crippen LogP contribution in [-0.2, 0) is 0 Å². The molecule has 0 spiro atoms. The number of hydrogen-bond donors (Lipinski definition) is 0. The average Bonchev–Trinajstić information content (AvgIpc) is 2.27. The van der Waals surface area contributed by atoms with Crippen LogP contribution in [0.15, 0.2) is 24.3 Å². The van der Waals surface area contributed by atoms with E-state index in [-0.39, 0.29) is 0 Å². The van der Waals surface area contributed by atoms with E-state index in [4.69, 9.17) is 4.74 Å². The van der Waals surface area contributed by atoms with Crippen LogP contribution in [0.3, 0.4) is 0 Å². The third-order valence-electron chi connectivity index (χ3n) is 2.54. The maximum Gasteiger partial charge on any atom is 0.129 e. The van der Waals surface area contributed by atoms with E-state index in [1.807, 2.05) is 12.1 Å². The van der Waals surface area contributed by atoms with Crippen LogP contribution >= 0.6 is 0 Å². The first-order chi connectivity index (χ1) is 7.94. The number of hydrogen-bond acceptors (Lipinski definition) is 1. The van der Waals surface area contributed by atoms with Crippen LogP contribution in [0.5, 0.6) is 5.75 Å². The van der Waals surface area contributed by atoms with Gasteiger partial charge >= 0.3 is 0 Å². The van der Waals surface area contributed by atoms with Crippen molar-refractivity contribution in [1.29, 1.82) is 0 Å². The Morgan fingerprint density at radius 1 is 1.24 bits per heavy atom. The number of rotatable bonds is 3. The standard InChI is InChI=1S/C15H22OSi/c1-13(9-8-12-17(3,4)5)14-10-6-7-11-15(14)16-2/h6-7,10-11,13H,9H2,1-5H3. The highest BCUT2D eigenvalue weighted by molar-refractivity contribution is 6.83. The van der Waals surface area contributed by atoms with E-state index in [1.54, 1.807) is 7.11 Å². The van der Waals surface area contributed by atoms with Gasteiger partial charge in [0.2, 0.25) is 0 Å². The molecule has 0 amide bonds. The summed E-state index contributed by atoms with van der Waals surface area (Å²) >= 11 is 0. The SMILES string of the molecule is COc1ccccc1C(C)CC#C[Si](C)(C)C. The van der Waals surface area contributed by atoms with Gasteiger partial charge in [0.05, 0.1) is 7.11 Å². The van der Waals surface area contributed by atoms with Gasteiger partial charge < -0.3 is 4.74 Å². The van der Waals surface area contributed by atoms with Crippen LogP contribution in [0.25, 0.3) is 0 Å². The minimum atomic E-state index is -1.24. The van der Waals surface area contributed by atoms with E-state index in [1.165, 1.54) is 5.56 Å². The van der Waals surface area contributed by atoms with Crippen LogP contribution in [0, 0.1) is 11.5 Å². The predicted molar refractivity (Wildman–Crippen MR) is 77.1 cm³/mol. The molecular formula is C15H22OSi. The summed E-state index contributed by atoms with van der Waals surface area (Å²) < 4.78 is 5.37. The molecule has 0 saturated heterocycles.